The first-order chi connectivity index (χ1) is 7.88. The molecule has 0 amide bonds. The maximum atomic E-state index is 8.62. The lowest BCUT2D eigenvalue weighted by molar-refractivity contribution is 0.201. The number of aromatic nitrogens is 2. The molecule has 2 rings (SSSR count). The smallest absolute Gasteiger partial charge is 0.119 e. The number of aliphatic hydroxyl groups is 1. The number of H-pyrrole nitrogens is 1. The molecular formula is C12H14N2O2. The number of nitrogens with one attached hydrogen (secondary N) is 1. The van der Waals surface area contributed by atoms with Gasteiger partial charge < -0.3 is 9.84 Å². The van der Waals surface area contributed by atoms with E-state index in [0.29, 0.717) is 6.61 Å². The van der Waals surface area contributed by atoms with Gasteiger partial charge in [0.2, 0.25) is 0 Å². The predicted octanol–water partition coefficient (Wildman–Crippen LogP) is 1.37. The Hall–Kier alpha value is -1.81. The molecule has 0 aliphatic rings. The van der Waals surface area contributed by atoms with E-state index in [0.717, 1.165) is 17.9 Å². The second-order valence-corrected chi connectivity index (χ2v) is 3.46. The lowest BCUT2D eigenvalue weighted by atomic mass is 10.1. The SMILES string of the molecule is OCCOc1ccc(Cc2cc[nH]n2)cc1. The first-order valence-corrected chi connectivity index (χ1v) is 5.20. The third kappa shape index (κ3) is 2.84. The van der Waals surface area contributed by atoms with E-state index in [2.05, 4.69) is 10.2 Å². The Morgan fingerprint density at radius 2 is 2.00 bits per heavy atom. The van der Waals surface area contributed by atoms with Crippen molar-refractivity contribution in [2.24, 2.45) is 0 Å². The second kappa shape index (κ2) is 5.32. The van der Waals surface area contributed by atoms with Gasteiger partial charge in [-0.3, -0.25) is 5.10 Å². The standard InChI is InChI=1S/C12H14N2O2/c15-7-8-16-12-3-1-10(2-4-12)9-11-5-6-13-14-11/h1-6,15H,7-9H2,(H,13,14). The van der Waals surface area contributed by atoms with Crippen LogP contribution in [0.3, 0.4) is 0 Å². The van der Waals surface area contributed by atoms with Gasteiger partial charge in [0.1, 0.15) is 12.4 Å². The van der Waals surface area contributed by atoms with Gasteiger partial charge in [0.15, 0.2) is 0 Å². The van der Waals surface area contributed by atoms with Gasteiger partial charge in [-0.25, -0.2) is 0 Å². The molecule has 4 heteroatoms. The zero-order chi connectivity index (χ0) is 11.2. The fourth-order valence-corrected chi connectivity index (χ4v) is 1.47. The molecule has 0 aliphatic heterocycles. The van der Waals surface area contributed by atoms with Crippen molar-refractivity contribution >= 4 is 0 Å². The van der Waals surface area contributed by atoms with E-state index in [1.807, 2.05) is 36.5 Å². The second-order valence-electron chi connectivity index (χ2n) is 3.46. The van der Waals surface area contributed by atoms with E-state index in [-0.39, 0.29) is 6.61 Å². The molecule has 84 valence electrons. The minimum atomic E-state index is 0.0367. The van der Waals surface area contributed by atoms with Gasteiger partial charge in [-0.15, -0.1) is 0 Å². The topological polar surface area (TPSA) is 58.1 Å². The van der Waals surface area contributed by atoms with Crippen LogP contribution in [0.1, 0.15) is 11.3 Å². The van der Waals surface area contributed by atoms with Crippen LogP contribution in [-0.4, -0.2) is 28.5 Å². The molecule has 0 bridgehead atoms. The minimum Gasteiger partial charge on any atom is -0.491 e. The summed E-state index contributed by atoms with van der Waals surface area (Å²) in [6.07, 6.45) is 2.62. The van der Waals surface area contributed by atoms with Crippen LogP contribution in [0.15, 0.2) is 36.5 Å². The molecule has 4 nitrogen and oxygen atoms in total. The van der Waals surface area contributed by atoms with Gasteiger partial charge in [0, 0.05) is 12.6 Å². The van der Waals surface area contributed by atoms with Crippen LogP contribution < -0.4 is 4.74 Å². The van der Waals surface area contributed by atoms with E-state index in [4.69, 9.17) is 9.84 Å². The molecule has 1 heterocycles. The summed E-state index contributed by atoms with van der Waals surface area (Å²) in [6.45, 7) is 0.369. The van der Waals surface area contributed by atoms with E-state index < -0.39 is 0 Å². The van der Waals surface area contributed by atoms with Crippen molar-refractivity contribution < 1.29 is 9.84 Å². The summed E-state index contributed by atoms with van der Waals surface area (Å²) in [5.41, 5.74) is 2.20. The summed E-state index contributed by atoms with van der Waals surface area (Å²) in [7, 11) is 0. The van der Waals surface area contributed by atoms with Crippen LogP contribution in [0.2, 0.25) is 0 Å². The summed E-state index contributed by atoms with van der Waals surface area (Å²) in [5, 5.41) is 15.5. The molecule has 0 spiro atoms. The fraction of sp³-hybridized carbons (Fsp3) is 0.250. The summed E-state index contributed by atoms with van der Waals surface area (Å²) < 4.78 is 5.27. The number of rotatable bonds is 5. The first kappa shape index (κ1) is 10.7. The van der Waals surface area contributed by atoms with E-state index in [9.17, 15) is 0 Å². The lowest BCUT2D eigenvalue weighted by Gasteiger charge is -2.04. The number of hydrogen-bond acceptors (Lipinski definition) is 3. The van der Waals surface area contributed by atoms with Crippen molar-refractivity contribution in [1.82, 2.24) is 10.2 Å². The molecule has 0 fully saturated rings. The third-order valence-corrected chi connectivity index (χ3v) is 2.23. The number of nitrogens with zero attached hydrogens (tertiary/aromatic N) is 1. The average molecular weight is 218 g/mol. The van der Waals surface area contributed by atoms with Crippen LogP contribution in [0.4, 0.5) is 0 Å². The van der Waals surface area contributed by atoms with Crippen molar-refractivity contribution in [1.29, 1.82) is 0 Å². The number of aliphatic hydroxyl groups excluding tert-OH is 1. The molecule has 0 radical (unpaired) electrons. The Balaban J connectivity index is 1.96. The number of ether oxygens (including phenoxy) is 1. The van der Waals surface area contributed by atoms with E-state index >= 15 is 0 Å². The van der Waals surface area contributed by atoms with Crippen LogP contribution in [0.25, 0.3) is 0 Å². The largest absolute Gasteiger partial charge is 0.491 e. The van der Waals surface area contributed by atoms with Crippen LogP contribution in [-0.2, 0) is 6.42 Å². The van der Waals surface area contributed by atoms with Crippen molar-refractivity contribution in [3.8, 4) is 5.75 Å². The highest BCUT2D eigenvalue weighted by Gasteiger charge is 1.99. The summed E-state index contributed by atoms with van der Waals surface area (Å²) >= 11 is 0. The molecule has 0 atom stereocenters. The molecule has 2 aromatic rings. The van der Waals surface area contributed by atoms with Gasteiger partial charge in [-0.1, -0.05) is 12.1 Å². The highest BCUT2D eigenvalue weighted by Crippen LogP contribution is 2.14. The monoisotopic (exact) mass is 218 g/mol. The Morgan fingerprint density at radius 1 is 1.19 bits per heavy atom. The van der Waals surface area contributed by atoms with Crippen molar-refractivity contribution in [2.75, 3.05) is 13.2 Å². The minimum absolute atomic E-state index is 0.0367. The van der Waals surface area contributed by atoms with Gasteiger partial charge >= 0.3 is 0 Å². The van der Waals surface area contributed by atoms with Crippen LogP contribution in [0.5, 0.6) is 5.75 Å². The predicted molar refractivity (Wildman–Crippen MR) is 60.4 cm³/mol. The van der Waals surface area contributed by atoms with E-state index in [1.54, 1.807) is 0 Å². The Kier molecular flexibility index (Phi) is 3.56. The number of aromatic amines is 1. The number of hydrogen-bond donors (Lipinski definition) is 2. The molecule has 0 saturated carbocycles. The molecular weight excluding hydrogens is 204 g/mol. The van der Waals surface area contributed by atoms with Crippen LogP contribution in [0, 0.1) is 0 Å². The first-order valence-electron chi connectivity index (χ1n) is 5.20. The lowest BCUT2D eigenvalue weighted by Crippen LogP contribution is -2.01. The average Bonchev–Trinajstić information content (AvgIpc) is 2.81. The zero-order valence-corrected chi connectivity index (χ0v) is 8.89. The van der Waals surface area contributed by atoms with Crippen LogP contribution >= 0.6 is 0 Å². The van der Waals surface area contributed by atoms with Crippen molar-refractivity contribution in [3.05, 3.63) is 47.8 Å². The van der Waals surface area contributed by atoms with E-state index in [1.165, 1.54) is 5.56 Å². The quantitative estimate of drug-likeness (QED) is 0.797. The normalized spacial score (nSPS) is 10.3. The molecule has 1 aromatic heterocycles. The molecule has 1 aromatic carbocycles. The van der Waals surface area contributed by atoms with Gasteiger partial charge in [0.05, 0.1) is 12.3 Å². The van der Waals surface area contributed by atoms with Crippen molar-refractivity contribution in [2.45, 2.75) is 6.42 Å². The Labute approximate surface area is 93.9 Å². The summed E-state index contributed by atoms with van der Waals surface area (Å²) in [4.78, 5) is 0. The maximum absolute atomic E-state index is 8.62. The fourth-order valence-electron chi connectivity index (χ4n) is 1.47. The van der Waals surface area contributed by atoms with Crippen molar-refractivity contribution in [3.63, 3.8) is 0 Å². The highest BCUT2D eigenvalue weighted by atomic mass is 16.5. The molecule has 0 saturated heterocycles. The maximum Gasteiger partial charge on any atom is 0.119 e. The molecule has 0 aliphatic carbocycles. The summed E-state index contributed by atoms with van der Waals surface area (Å²) in [6, 6.07) is 9.76. The zero-order valence-electron chi connectivity index (χ0n) is 8.89. The Bertz CT molecular complexity index is 409. The highest BCUT2D eigenvalue weighted by molar-refractivity contribution is 5.29. The molecule has 2 N–H and O–H groups in total. The number of benzene rings is 1. The van der Waals surface area contributed by atoms with Gasteiger partial charge in [-0.05, 0) is 23.8 Å². The van der Waals surface area contributed by atoms with Gasteiger partial charge in [-0.2, -0.15) is 5.10 Å². The molecule has 16 heavy (non-hydrogen) atoms. The summed E-state index contributed by atoms with van der Waals surface area (Å²) in [5.74, 6) is 0.778. The molecule has 0 unspecified atom stereocenters. The Morgan fingerprint density at radius 3 is 2.62 bits per heavy atom. The third-order valence-electron chi connectivity index (χ3n) is 2.23. The van der Waals surface area contributed by atoms with Gasteiger partial charge in [0.25, 0.3) is 0 Å².